The number of amides is 1. The van der Waals surface area contributed by atoms with Gasteiger partial charge in [-0.3, -0.25) is 9.69 Å². The first-order valence-corrected chi connectivity index (χ1v) is 7.09. The van der Waals surface area contributed by atoms with E-state index in [0.717, 1.165) is 19.4 Å². The number of piperazine rings is 1. The van der Waals surface area contributed by atoms with Crippen molar-refractivity contribution in [2.75, 3.05) is 45.8 Å². The van der Waals surface area contributed by atoms with Crippen LogP contribution in [0.4, 0.5) is 13.2 Å². The van der Waals surface area contributed by atoms with Crippen molar-refractivity contribution in [3.05, 3.63) is 0 Å². The van der Waals surface area contributed by atoms with Gasteiger partial charge in [-0.2, -0.15) is 13.2 Å². The van der Waals surface area contributed by atoms with Crippen molar-refractivity contribution in [2.24, 2.45) is 5.41 Å². The molecule has 2 rings (SSSR count). The maximum absolute atomic E-state index is 12.5. The molecule has 9 heteroatoms. The van der Waals surface area contributed by atoms with Crippen molar-refractivity contribution in [1.29, 1.82) is 0 Å². The van der Waals surface area contributed by atoms with E-state index in [9.17, 15) is 18.0 Å². The van der Waals surface area contributed by atoms with E-state index in [1.54, 1.807) is 4.90 Å². The van der Waals surface area contributed by atoms with Crippen molar-refractivity contribution < 1.29 is 18.0 Å². The fourth-order valence-electron chi connectivity index (χ4n) is 2.98. The van der Waals surface area contributed by atoms with E-state index >= 15 is 0 Å². The molecule has 2 aliphatic heterocycles. The highest BCUT2D eigenvalue weighted by atomic mass is 35.5. The number of carbonyl (C=O) groups excluding carboxylic acids is 1. The number of nitrogens with one attached hydrogen (secondary N) is 1. The smallest absolute Gasteiger partial charge is 0.340 e. The van der Waals surface area contributed by atoms with Crippen LogP contribution in [0, 0.1) is 5.41 Å². The lowest BCUT2D eigenvalue weighted by Gasteiger charge is -2.41. The molecule has 0 aromatic carbocycles. The highest BCUT2D eigenvalue weighted by Gasteiger charge is 2.39. The van der Waals surface area contributed by atoms with E-state index in [2.05, 4.69) is 5.32 Å². The van der Waals surface area contributed by atoms with Crippen LogP contribution in [-0.2, 0) is 4.79 Å². The third kappa shape index (κ3) is 5.76. The van der Waals surface area contributed by atoms with Gasteiger partial charge in [-0.05, 0) is 26.3 Å². The molecule has 0 saturated carbocycles. The van der Waals surface area contributed by atoms with E-state index < -0.39 is 18.1 Å². The molecule has 2 fully saturated rings. The molecule has 1 atom stereocenters. The van der Waals surface area contributed by atoms with Gasteiger partial charge in [0.05, 0.1) is 12.0 Å². The van der Waals surface area contributed by atoms with Gasteiger partial charge >= 0.3 is 6.18 Å². The molecular formula is C13H24Cl2F3N3O. The van der Waals surface area contributed by atoms with Crippen molar-refractivity contribution in [2.45, 2.75) is 25.9 Å². The van der Waals surface area contributed by atoms with E-state index in [0.29, 0.717) is 32.7 Å². The Morgan fingerprint density at radius 1 is 1.18 bits per heavy atom. The van der Waals surface area contributed by atoms with Crippen LogP contribution < -0.4 is 5.32 Å². The van der Waals surface area contributed by atoms with E-state index in [-0.39, 0.29) is 30.7 Å². The van der Waals surface area contributed by atoms with Gasteiger partial charge in [0.25, 0.3) is 0 Å². The second-order valence-electron chi connectivity index (χ2n) is 6.02. The summed E-state index contributed by atoms with van der Waals surface area (Å²) in [7, 11) is 0. The molecule has 0 aliphatic carbocycles. The van der Waals surface area contributed by atoms with Crippen LogP contribution in [-0.4, -0.2) is 67.7 Å². The summed E-state index contributed by atoms with van der Waals surface area (Å²) >= 11 is 0. The highest BCUT2D eigenvalue weighted by molar-refractivity contribution is 5.85. The Kier molecular flexibility index (Phi) is 8.47. The zero-order valence-corrected chi connectivity index (χ0v) is 14.3. The third-order valence-corrected chi connectivity index (χ3v) is 4.18. The third-order valence-electron chi connectivity index (χ3n) is 4.18. The number of carbonyl (C=O) groups is 1. The lowest BCUT2D eigenvalue weighted by Crippen LogP contribution is -2.56. The van der Waals surface area contributed by atoms with Crippen LogP contribution in [0.25, 0.3) is 0 Å². The summed E-state index contributed by atoms with van der Waals surface area (Å²) in [5.74, 6) is 0.0800. The molecule has 0 aromatic heterocycles. The first-order valence-electron chi connectivity index (χ1n) is 7.09. The summed E-state index contributed by atoms with van der Waals surface area (Å²) in [4.78, 5) is 15.6. The zero-order valence-electron chi connectivity index (χ0n) is 12.6. The van der Waals surface area contributed by atoms with Gasteiger partial charge in [0, 0.05) is 32.7 Å². The van der Waals surface area contributed by atoms with Crippen LogP contribution in [0.2, 0.25) is 0 Å². The van der Waals surface area contributed by atoms with Gasteiger partial charge in [0.2, 0.25) is 5.91 Å². The molecule has 4 nitrogen and oxygen atoms in total. The maximum Gasteiger partial charge on any atom is 0.401 e. The molecule has 1 N–H and O–H groups in total. The van der Waals surface area contributed by atoms with Crippen LogP contribution >= 0.6 is 24.8 Å². The molecule has 0 aromatic rings. The summed E-state index contributed by atoms with van der Waals surface area (Å²) in [6.45, 7) is 4.05. The Labute approximate surface area is 141 Å². The average Bonchev–Trinajstić information content (AvgIpc) is 2.38. The Morgan fingerprint density at radius 3 is 2.23 bits per heavy atom. The van der Waals surface area contributed by atoms with Gasteiger partial charge in [-0.1, -0.05) is 0 Å². The number of alkyl halides is 3. The van der Waals surface area contributed by atoms with Crippen molar-refractivity contribution >= 4 is 30.7 Å². The molecular weight excluding hydrogens is 342 g/mol. The lowest BCUT2D eigenvalue weighted by molar-refractivity contribution is -0.155. The summed E-state index contributed by atoms with van der Waals surface area (Å²) in [5.41, 5.74) is -0.398. The standard InChI is InChI=1S/C13H22F3N3O.2ClH/c1-12(3-2-4-17-9-12)11(20)19-7-5-18(6-8-19)10-13(14,15)16;;/h17H,2-10H2,1H3;2*1H. The number of rotatable bonds is 2. The van der Waals surface area contributed by atoms with E-state index in [1.807, 2.05) is 6.92 Å². The van der Waals surface area contributed by atoms with Gasteiger partial charge in [-0.15, -0.1) is 24.8 Å². The van der Waals surface area contributed by atoms with Crippen LogP contribution in [0.3, 0.4) is 0 Å². The average molecular weight is 366 g/mol. The largest absolute Gasteiger partial charge is 0.401 e. The highest BCUT2D eigenvalue weighted by Crippen LogP contribution is 2.28. The zero-order chi connectivity index (χ0) is 14.8. The fraction of sp³-hybridized carbons (Fsp3) is 0.923. The second-order valence-corrected chi connectivity index (χ2v) is 6.02. The molecule has 2 saturated heterocycles. The number of nitrogens with zero attached hydrogens (tertiary/aromatic N) is 2. The molecule has 2 heterocycles. The first-order chi connectivity index (χ1) is 9.30. The Bertz CT molecular complexity index is 355. The SMILES string of the molecule is CC1(C(=O)N2CCN(CC(F)(F)F)CC2)CCCNC1.Cl.Cl. The van der Waals surface area contributed by atoms with Crippen LogP contribution in [0.15, 0.2) is 0 Å². The van der Waals surface area contributed by atoms with E-state index in [1.165, 1.54) is 4.90 Å². The lowest BCUT2D eigenvalue weighted by atomic mass is 9.81. The molecule has 0 bridgehead atoms. The van der Waals surface area contributed by atoms with Gasteiger partial charge < -0.3 is 10.2 Å². The number of halogens is 5. The van der Waals surface area contributed by atoms with Crippen LogP contribution in [0.1, 0.15) is 19.8 Å². The summed E-state index contributed by atoms with van der Waals surface area (Å²) in [6, 6.07) is 0. The summed E-state index contributed by atoms with van der Waals surface area (Å²) in [6.07, 6.45) is -2.34. The topological polar surface area (TPSA) is 35.6 Å². The quantitative estimate of drug-likeness (QED) is 0.811. The predicted molar refractivity (Wildman–Crippen MR) is 83.8 cm³/mol. The summed E-state index contributed by atoms with van der Waals surface area (Å²) < 4.78 is 37.0. The van der Waals surface area contributed by atoms with Crippen molar-refractivity contribution in [1.82, 2.24) is 15.1 Å². The molecule has 1 unspecified atom stereocenters. The van der Waals surface area contributed by atoms with Gasteiger partial charge in [0.1, 0.15) is 0 Å². The molecule has 0 spiro atoms. The van der Waals surface area contributed by atoms with Crippen LogP contribution in [0.5, 0.6) is 0 Å². The minimum atomic E-state index is -4.16. The first kappa shape index (κ1) is 21.8. The molecule has 22 heavy (non-hydrogen) atoms. The molecule has 0 radical (unpaired) electrons. The summed E-state index contributed by atoms with van der Waals surface area (Å²) in [5, 5.41) is 3.23. The Balaban J connectivity index is 0.00000220. The van der Waals surface area contributed by atoms with Gasteiger partial charge in [-0.25, -0.2) is 0 Å². The molecule has 2 aliphatic rings. The van der Waals surface area contributed by atoms with Crippen molar-refractivity contribution in [3.63, 3.8) is 0 Å². The van der Waals surface area contributed by atoms with Gasteiger partial charge in [0.15, 0.2) is 0 Å². The number of hydrogen-bond acceptors (Lipinski definition) is 3. The second kappa shape index (κ2) is 8.57. The predicted octanol–water partition coefficient (Wildman–Crippen LogP) is 1.93. The molecule has 1 amide bonds. The minimum absolute atomic E-state index is 0. The maximum atomic E-state index is 12.5. The normalized spacial score (nSPS) is 26.8. The fourth-order valence-corrected chi connectivity index (χ4v) is 2.98. The minimum Gasteiger partial charge on any atom is -0.340 e. The van der Waals surface area contributed by atoms with Crippen molar-refractivity contribution in [3.8, 4) is 0 Å². The number of hydrogen-bond donors (Lipinski definition) is 1. The van der Waals surface area contributed by atoms with E-state index in [4.69, 9.17) is 0 Å². The Hall–Kier alpha value is -0.240. The molecule has 132 valence electrons. The number of piperidine rings is 1. The Morgan fingerprint density at radius 2 is 1.77 bits per heavy atom. The monoisotopic (exact) mass is 365 g/mol.